The lowest BCUT2D eigenvalue weighted by atomic mass is 10.1. The number of nitrogen functional groups attached to an aromatic ring is 1. The molecule has 2 heterocycles. The Labute approximate surface area is 161 Å². The zero-order valence-corrected chi connectivity index (χ0v) is 16.1. The van der Waals surface area contributed by atoms with Gasteiger partial charge in [0.15, 0.2) is 9.84 Å². The van der Waals surface area contributed by atoms with Crippen LogP contribution in [0.25, 0.3) is 22.2 Å². The van der Waals surface area contributed by atoms with E-state index in [0.717, 1.165) is 16.5 Å². The van der Waals surface area contributed by atoms with Crippen LogP contribution in [0.4, 0.5) is 17.5 Å². The molecule has 0 unspecified atom stereocenters. The highest BCUT2D eigenvalue weighted by atomic mass is 32.2. The molecule has 4 rings (SSSR count). The molecular weight excluding hydrogens is 376 g/mol. The van der Waals surface area contributed by atoms with E-state index in [-0.39, 0.29) is 16.7 Å². The van der Waals surface area contributed by atoms with Gasteiger partial charge < -0.3 is 11.1 Å². The summed E-state index contributed by atoms with van der Waals surface area (Å²) in [4.78, 5) is 8.84. The zero-order valence-electron chi connectivity index (χ0n) is 15.3. The van der Waals surface area contributed by atoms with E-state index in [0.29, 0.717) is 16.9 Å². The zero-order chi connectivity index (χ0) is 19.9. The molecule has 0 aliphatic heterocycles. The molecule has 0 aliphatic carbocycles. The van der Waals surface area contributed by atoms with Gasteiger partial charge >= 0.3 is 0 Å². The van der Waals surface area contributed by atoms with Crippen molar-refractivity contribution in [2.45, 2.75) is 11.8 Å². The fourth-order valence-corrected chi connectivity index (χ4v) is 3.71. The Morgan fingerprint density at radius 1 is 1.14 bits per heavy atom. The summed E-state index contributed by atoms with van der Waals surface area (Å²) in [7, 11) is -3.32. The molecular formula is C19H18N6O2S. The fourth-order valence-electron chi connectivity index (χ4n) is 2.97. The molecule has 28 heavy (non-hydrogen) atoms. The second-order valence-corrected chi connectivity index (χ2v) is 8.56. The summed E-state index contributed by atoms with van der Waals surface area (Å²) in [6.07, 6.45) is 2.77. The lowest BCUT2D eigenvalue weighted by Gasteiger charge is -2.10. The van der Waals surface area contributed by atoms with Crippen molar-refractivity contribution in [3.63, 3.8) is 0 Å². The monoisotopic (exact) mass is 394 g/mol. The smallest absolute Gasteiger partial charge is 0.229 e. The van der Waals surface area contributed by atoms with E-state index < -0.39 is 9.84 Å². The quantitative estimate of drug-likeness (QED) is 0.485. The van der Waals surface area contributed by atoms with Gasteiger partial charge in [-0.2, -0.15) is 10.1 Å². The predicted molar refractivity (Wildman–Crippen MR) is 109 cm³/mol. The first-order valence-electron chi connectivity index (χ1n) is 8.46. The third kappa shape index (κ3) is 3.39. The summed E-state index contributed by atoms with van der Waals surface area (Å²) in [6, 6.07) is 12.7. The maximum atomic E-state index is 11.8. The van der Waals surface area contributed by atoms with Crippen LogP contribution >= 0.6 is 0 Å². The van der Waals surface area contributed by atoms with Gasteiger partial charge in [0, 0.05) is 23.5 Å². The maximum absolute atomic E-state index is 11.8. The highest BCUT2D eigenvalue weighted by molar-refractivity contribution is 7.90. The van der Waals surface area contributed by atoms with Crippen molar-refractivity contribution in [2.24, 2.45) is 0 Å². The van der Waals surface area contributed by atoms with E-state index in [1.165, 1.54) is 12.3 Å². The first-order valence-corrected chi connectivity index (χ1v) is 10.4. The summed E-state index contributed by atoms with van der Waals surface area (Å²) in [6.45, 7) is 1.82. The molecule has 0 saturated carbocycles. The van der Waals surface area contributed by atoms with Gasteiger partial charge in [-0.3, -0.25) is 5.10 Å². The first kappa shape index (κ1) is 17.9. The number of nitrogens with one attached hydrogen (secondary N) is 2. The second-order valence-electron chi connectivity index (χ2n) is 6.54. The number of aryl methyl sites for hydroxylation is 1. The van der Waals surface area contributed by atoms with Gasteiger partial charge in [0.25, 0.3) is 0 Å². The van der Waals surface area contributed by atoms with E-state index in [2.05, 4.69) is 25.5 Å². The Kier molecular flexibility index (Phi) is 4.23. The summed E-state index contributed by atoms with van der Waals surface area (Å²) < 4.78 is 23.7. The van der Waals surface area contributed by atoms with Gasteiger partial charge in [-0.25, -0.2) is 13.4 Å². The average molecular weight is 394 g/mol. The van der Waals surface area contributed by atoms with Crippen LogP contribution in [0, 0.1) is 6.92 Å². The van der Waals surface area contributed by atoms with Crippen molar-refractivity contribution < 1.29 is 8.42 Å². The number of fused-ring (bicyclic) bond motifs is 1. The average Bonchev–Trinajstić information content (AvgIpc) is 3.05. The van der Waals surface area contributed by atoms with Crippen molar-refractivity contribution in [1.29, 1.82) is 0 Å². The number of hydrogen-bond acceptors (Lipinski definition) is 7. The normalized spacial score (nSPS) is 11.6. The number of sulfone groups is 1. The number of para-hydroxylation sites is 1. The molecule has 0 atom stereocenters. The van der Waals surface area contributed by atoms with Crippen molar-refractivity contribution in [3.05, 3.63) is 54.2 Å². The van der Waals surface area contributed by atoms with Crippen molar-refractivity contribution >= 4 is 38.2 Å². The molecule has 0 aliphatic rings. The molecule has 0 radical (unpaired) electrons. The number of nitrogens with two attached hydrogens (primary N) is 1. The molecule has 0 saturated heterocycles. The van der Waals surface area contributed by atoms with E-state index >= 15 is 0 Å². The first-order chi connectivity index (χ1) is 13.3. The van der Waals surface area contributed by atoms with Crippen molar-refractivity contribution in [1.82, 2.24) is 20.2 Å². The SMILES string of the molecule is Cc1cc(Nc2ncc(-c3n[nH]c4ccccc34)c(N)n2)cc(S(C)(=O)=O)c1. The van der Waals surface area contributed by atoms with Crippen LogP contribution in [-0.4, -0.2) is 34.8 Å². The number of nitrogens with zero attached hydrogens (tertiary/aromatic N) is 3. The molecule has 0 spiro atoms. The molecule has 4 aromatic rings. The molecule has 0 amide bonds. The number of rotatable bonds is 4. The topological polar surface area (TPSA) is 127 Å². The lowest BCUT2D eigenvalue weighted by molar-refractivity contribution is 0.602. The molecule has 2 aromatic heterocycles. The Morgan fingerprint density at radius 2 is 1.93 bits per heavy atom. The summed E-state index contributed by atoms with van der Waals surface area (Å²) in [5, 5.41) is 11.2. The van der Waals surface area contributed by atoms with E-state index in [4.69, 9.17) is 5.73 Å². The van der Waals surface area contributed by atoms with Crippen LogP contribution in [0.15, 0.2) is 53.6 Å². The van der Waals surface area contributed by atoms with Crippen LogP contribution in [0.3, 0.4) is 0 Å². The van der Waals surface area contributed by atoms with Gasteiger partial charge in [0.05, 0.1) is 16.0 Å². The van der Waals surface area contributed by atoms with Crippen LogP contribution in [-0.2, 0) is 9.84 Å². The molecule has 0 fully saturated rings. The Morgan fingerprint density at radius 3 is 2.68 bits per heavy atom. The van der Waals surface area contributed by atoms with E-state index in [1.54, 1.807) is 12.3 Å². The number of H-pyrrole nitrogens is 1. The van der Waals surface area contributed by atoms with Gasteiger partial charge in [-0.1, -0.05) is 18.2 Å². The Balaban J connectivity index is 1.69. The molecule has 2 aromatic carbocycles. The largest absolute Gasteiger partial charge is 0.383 e. The fraction of sp³-hybridized carbons (Fsp3) is 0.105. The molecule has 8 nitrogen and oxygen atoms in total. The van der Waals surface area contributed by atoms with Gasteiger partial charge in [0.1, 0.15) is 11.5 Å². The second kappa shape index (κ2) is 6.61. The van der Waals surface area contributed by atoms with E-state index in [1.807, 2.05) is 37.3 Å². The Bertz CT molecular complexity index is 1300. The highest BCUT2D eigenvalue weighted by Gasteiger charge is 2.14. The van der Waals surface area contributed by atoms with E-state index in [9.17, 15) is 8.42 Å². The third-order valence-electron chi connectivity index (χ3n) is 4.28. The van der Waals surface area contributed by atoms with Crippen LogP contribution in [0.5, 0.6) is 0 Å². The van der Waals surface area contributed by atoms with Crippen molar-refractivity contribution in [2.75, 3.05) is 17.3 Å². The summed E-state index contributed by atoms with van der Waals surface area (Å²) in [5.41, 5.74) is 9.70. The lowest BCUT2D eigenvalue weighted by Crippen LogP contribution is -2.04. The standard InChI is InChI=1S/C19H18N6O2S/c1-11-7-12(9-13(8-11)28(2,26)27)22-19-21-10-15(18(20)23-19)17-14-5-3-4-6-16(14)24-25-17/h3-10H,1-2H3,(H,24,25)(H3,20,21,22,23). The molecule has 9 heteroatoms. The Hall–Kier alpha value is -3.46. The minimum absolute atomic E-state index is 0.225. The number of aromatic nitrogens is 4. The number of aromatic amines is 1. The predicted octanol–water partition coefficient (Wildman–Crippen LogP) is 3.06. The highest BCUT2D eigenvalue weighted by Crippen LogP contribution is 2.30. The molecule has 142 valence electrons. The molecule has 0 bridgehead atoms. The van der Waals surface area contributed by atoms with Gasteiger partial charge in [-0.15, -0.1) is 0 Å². The van der Waals surface area contributed by atoms with Crippen LogP contribution in [0.2, 0.25) is 0 Å². The number of anilines is 3. The van der Waals surface area contributed by atoms with Crippen LogP contribution < -0.4 is 11.1 Å². The number of benzene rings is 2. The maximum Gasteiger partial charge on any atom is 0.229 e. The summed E-state index contributed by atoms with van der Waals surface area (Å²) >= 11 is 0. The van der Waals surface area contributed by atoms with Gasteiger partial charge in [-0.05, 0) is 36.8 Å². The van der Waals surface area contributed by atoms with Crippen molar-refractivity contribution in [3.8, 4) is 11.3 Å². The summed E-state index contributed by atoms with van der Waals surface area (Å²) in [5.74, 6) is 0.539. The van der Waals surface area contributed by atoms with Crippen LogP contribution in [0.1, 0.15) is 5.56 Å². The third-order valence-corrected chi connectivity index (χ3v) is 5.37. The number of hydrogen-bond donors (Lipinski definition) is 3. The minimum Gasteiger partial charge on any atom is -0.383 e. The van der Waals surface area contributed by atoms with Gasteiger partial charge in [0.2, 0.25) is 5.95 Å². The minimum atomic E-state index is -3.32. The molecule has 4 N–H and O–H groups in total.